The lowest BCUT2D eigenvalue weighted by molar-refractivity contribution is -0.137. The molecule has 0 amide bonds. The van der Waals surface area contributed by atoms with Gasteiger partial charge in [0.2, 0.25) is 0 Å². The van der Waals surface area contributed by atoms with Crippen LogP contribution in [0.3, 0.4) is 0 Å². The second kappa shape index (κ2) is 7.23. The third-order valence-electron chi connectivity index (χ3n) is 4.49. The van der Waals surface area contributed by atoms with Crippen LogP contribution in [-0.2, 0) is 11.0 Å². The summed E-state index contributed by atoms with van der Waals surface area (Å²) in [7, 11) is 1.52. The first-order valence-electron chi connectivity index (χ1n) is 8.00. The van der Waals surface area contributed by atoms with Crippen LogP contribution in [0.1, 0.15) is 35.1 Å². The van der Waals surface area contributed by atoms with Crippen LogP contribution in [0.25, 0.3) is 0 Å². The molecular formula is C19H15ClF3NO3. The molecule has 1 aromatic carbocycles. The second-order valence-electron chi connectivity index (χ2n) is 6.19. The predicted molar refractivity (Wildman–Crippen MR) is 93.1 cm³/mol. The van der Waals surface area contributed by atoms with Gasteiger partial charge in [0, 0.05) is 24.6 Å². The van der Waals surface area contributed by atoms with Crippen molar-refractivity contribution in [3.8, 4) is 5.75 Å². The van der Waals surface area contributed by atoms with Crippen molar-refractivity contribution in [1.29, 1.82) is 0 Å². The van der Waals surface area contributed by atoms with E-state index in [1.807, 2.05) is 0 Å². The van der Waals surface area contributed by atoms with Crippen molar-refractivity contribution >= 4 is 17.4 Å². The number of carbonyl (C=O) groups is 1. The van der Waals surface area contributed by atoms with Crippen molar-refractivity contribution in [2.75, 3.05) is 7.11 Å². The van der Waals surface area contributed by atoms with Crippen LogP contribution < -0.4 is 4.74 Å². The molecule has 2 atom stereocenters. The van der Waals surface area contributed by atoms with E-state index < -0.39 is 23.6 Å². The van der Waals surface area contributed by atoms with E-state index in [1.54, 1.807) is 24.3 Å². The van der Waals surface area contributed by atoms with Crippen molar-refractivity contribution in [3.05, 3.63) is 70.2 Å². The normalized spacial score (nSPS) is 20.3. The van der Waals surface area contributed by atoms with Crippen LogP contribution in [0.5, 0.6) is 5.75 Å². The third kappa shape index (κ3) is 3.93. The Balaban J connectivity index is 2.06. The molecule has 0 fully saturated rings. The van der Waals surface area contributed by atoms with Crippen molar-refractivity contribution in [2.24, 2.45) is 0 Å². The average molecular weight is 398 g/mol. The quantitative estimate of drug-likeness (QED) is 0.787. The highest BCUT2D eigenvalue weighted by molar-refractivity contribution is 6.31. The minimum absolute atomic E-state index is 0.0695. The predicted octanol–water partition coefficient (Wildman–Crippen LogP) is 5.04. The van der Waals surface area contributed by atoms with E-state index in [9.17, 15) is 23.1 Å². The van der Waals surface area contributed by atoms with Crippen LogP contribution >= 0.6 is 11.6 Å². The van der Waals surface area contributed by atoms with Gasteiger partial charge in [-0.05, 0) is 23.8 Å². The Labute approximate surface area is 158 Å². The van der Waals surface area contributed by atoms with E-state index in [0.29, 0.717) is 17.5 Å². The molecule has 2 aromatic rings. The SMILES string of the molecule is COc1ccc(C2CC(=O)C=C(O)C2c2ncc(C(F)(F)F)cc2Cl)cc1. The van der Waals surface area contributed by atoms with E-state index >= 15 is 0 Å². The Morgan fingerprint density at radius 2 is 1.93 bits per heavy atom. The number of aliphatic hydroxyl groups is 1. The van der Waals surface area contributed by atoms with Gasteiger partial charge in [0.15, 0.2) is 5.78 Å². The first-order valence-corrected chi connectivity index (χ1v) is 8.38. The molecule has 142 valence electrons. The number of alkyl halides is 3. The Kier molecular flexibility index (Phi) is 5.15. The molecule has 1 heterocycles. The Hall–Kier alpha value is -2.54. The van der Waals surface area contributed by atoms with Gasteiger partial charge in [-0.3, -0.25) is 9.78 Å². The zero-order valence-corrected chi connectivity index (χ0v) is 14.9. The number of nitrogens with zero attached hydrogens (tertiary/aromatic N) is 1. The number of halogens is 4. The summed E-state index contributed by atoms with van der Waals surface area (Å²) >= 11 is 6.07. The molecule has 1 aliphatic rings. The largest absolute Gasteiger partial charge is 0.511 e. The van der Waals surface area contributed by atoms with Gasteiger partial charge in [-0.15, -0.1) is 0 Å². The van der Waals surface area contributed by atoms with E-state index in [2.05, 4.69) is 4.98 Å². The number of hydrogen-bond acceptors (Lipinski definition) is 4. The number of allylic oxidation sites excluding steroid dienone is 2. The van der Waals surface area contributed by atoms with Gasteiger partial charge < -0.3 is 9.84 Å². The lowest BCUT2D eigenvalue weighted by atomic mass is 9.75. The van der Waals surface area contributed by atoms with Crippen molar-refractivity contribution in [1.82, 2.24) is 4.98 Å². The maximum Gasteiger partial charge on any atom is 0.417 e. The van der Waals surface area contributed by atoms with Gasteiger partial charge in [-0.1, -0.05) is 23.7 Å². The lowest BCUT2D eigenvalue weighted by Gasteiger charge is -2.30. The first-order chi connectivity index (χ1) is 12.7. The van der Waals surface area contributed by atoms with Crippen LogP contribution in [0.15, 0.2) is 48.4 Å². The van der Waals surface area contributed by atoms with Gasteiger partial charge in [0.1, 0.15) is 11.5 Å². The topological polar surface area (TPSA) is 59.4 Å². The highest BCUT2D eigenvalue weighted by Gasteiger charge is 2.38. The number of aliphatic hydroxyl groups excluding tert-OH is 1. The highest BCUT2D eigenvalue weighted by atomic mass is 35.5. The fourth-order valence-electron chi connectivity index (χ4n) is 3.18. The van der Waals surface area contributed by atoms with Crippen LogP contribution in [0, 0.1) is 0 Å². The van der Waals surface area contributed by atoms with Gasteiger partial charge in [0.05, 0.1) is 29.3 Å². The molecular weight excluding hydrogens is 383 g/mol. The van der Waals surface area contributed by atoms with Crippen LogP contribution in [0.2, 0.25) is 5.02 Å². The van der Waals surface area contributed by atoms with Crippen molar-refractivity contribution in [3.63, 3.8) is 0 Å². The molecule has 2 unspecified atom stereocenters. The minimum atomic E-state index is -4.58. The maximum absolute atomic E-state index is 12.9. The Bertz CT molecular complexity index is 894. The fourth-order valence-corrected chi connectivity index (χ4v) is 3.46. The molecule has 0 bridgehead atoms. The minimum Gasteiger partial charge on any atom is -0.511 e. The number of rotatable bonds is 3. The smallest absolute Gasteiger partial charge is 0.417 e. The molecule has 3 rings (SSSR count). The van der Waals surface area contributed by atoms with E-state index in [-0.39, 0.29) is 28.7 Å². The maximum atomic E-state index is 12.9. The van der Waals surface area contributed by atoms with Crippen LogP contribution in [0.4, 0.5) is 13.2 Å². The van der Waals surface area contributed by atoms with Gasteiger partial charge in [-0.25, -0.2) is 0 Å². The molecule has 8 heteroatoms. The monoisotopic (exact) mass is 397 g/mol. The fraction of sp³-hybridized carbons (Fsp3) is 0.263. The summed E-state index contributed by atoms with van der Waals surface area (Å²) in [4.78, 5) is 15.8. The molecule has 1 N–H and O–H groups in total. The zero-order valence-electron chi connectivity index (χ0n) is 14.1. The van der Waals surface area contributed by atoms with E-state index in [0.717, 1.165) is 12.1 Å². The summed E-state index contributed by atoms with van der Waals surface area (Å²) in [6, 6.07) is 7.65. The summed E-state index contributed by atoms with van der Waals surface area (Å²) in [6.07, 6.45) is -2.76. The number of benzene rings is 1. The third-order valence-corrected chi connectivity index (χ3v) is 4.79. The molecule has 0 aliphatic heterocycles. The number of methoxy groups -OCH3 is 1. The Morgan fingerprint density at radius 3 is 2.48 bits per heavy atom. The molecule has 0 saturated carbocycles. The van der Waals surface area contributed by atoms with Gasteiger partial charge >= 0.3 is 6.18 Å². The molecule has 1 aromatic heterocycles. The standard InChI is InChI=1S/C19H15ClF3NO3/c1-27-13-4-2-10(3-5-13)14-7-12(25)8-16(26)17(14)18-15(20)6-11(9-24-18)19(21,22)23/h2-6,8-9,14,17,26H,7H2,1H3. The summed E-state index contributed by atoms with van der Waals surface area (Å²) in [5.41, 5.74) is -0.175. The molecule has 27 heavy (non-hydrogen) atoms. The number of ether oxygens (including phenoxy) is 1. The van der Waals surface area contributed by atoms with Gasteiger partial charge in [-0.2, -0.15) is 13.2 Å². The highest BCUT2D eigenvalue weighted by Crippen LogP contribution is 2.45. The molecule has 4 nitrogen and oxygen atoms in total. The lowest BCUT2D eigenvalue weighted by Crippen LogP contribution is -2.23. The molecule has 0 spiro atoms. The van der Waals surface area contributed by atoms with Crippen molar-refractivity contribution in [2.45, 2.75) is 24.4 Å². The Morgan fingerprint density at radius 1 is 1.26 bits per heavy atom. The molecule has 1 aliphatic carbocycles. The van der Waals surface area contributed by atoms with Crippen molar-refractivity contribution < 1.29 is 27.8 Å². The van der Waals surface area contributed by atoms with E-state index in [4.69, 9.17) is 16.3 Å². The number of ketones is 1. The van der Waals surface area contributed by atoms with E-state index in [1.165, 1.54) is 7.11 Å². The number of pyridine rings is 1. The number of carbonyl (C=O) groups excluding carboxylic acids is 1. The summed E-state index contributed by atoms with van der Waals surface area (Å²) < 4.78 is 43.7. The molecule has 0 radical (unpaired) electrons. The second-order valence-corrected chi connectivity index (χ2v) is 6.59. The summed E-state index contributed by atoms with van der Waals surface area (Å²) in [6.45, 7) is 0. The average Bonchev–Trinajstić information content (AvgIpc) is 2.61. The molecule has 0 saturated heterocycles. The first kappa shape index (κ1) is 19.2. The van der Waals surface area contributed by atoms with Gasteiger partial charge in [0.25, 0.3) is 0 Å². The number of hydrogen-bond donors (Lipinski definition) is 1. The number of aromatic nitrogens is 1. The zero-order chi connectivity index (χ0) is 19.8. The summed E-state index contributed by atoms with van der Waals surface area (Å²) in [5.74, 6) is -1.29. The van der Waals surface area contributed by atoms with Crippen LogP contribution in [-0.4, -0.2) is 23.0 Å². The summed E-state index contributed by atoms with van der Waals surface area (Å²) in [5, 5.41) is 10.2.